The first-order chi connectivity index (χ1) is 5.31. The molecule has 68 valence electrons. The van der Waals surface area contributed by atoms with Crippen molar-refractivity contribution in [3.8, 4) is 0 Å². The van der Waals surface area contributed by atoms with Gasteiger partial charge in [0.1, 0.15) is 6.73 Å². The Kier molecular flexibility index (Phi) is 7.76. The monoisotopic (exact) mass is 162 g/mol. The fraction of sp³-hybridized carbons (Fsp3) is 1.00. The SMILES string of the molecule is CCCCNN(N)OCNC. The van der Waals surface area contributed by atoms with Gasteiger partial charge in [-0.25, -0.2) is 11.3 Å². The van der Waals surface area contributed by atoms with Crippen molar-refractivity contribution in [3.05, 3.63) is 0 Å². The average molecular weight is 162 g/mol. The van der Waals surface area contributed by atoms with Crippen LogP contribution in [0.15, 0.2) is 0 Å². The number of rotatable bonds is 7. The maximum absolute atomic E-state index is 5.36. The van der Waals surface area contributed by atoms with Gasteiger partial charge in [-0.05, 0) is 13.5 Å². The Labute approximate surface area is 67.8 Å². The molecule has 0 aromatic rings. The fourth-order valence-corrected chi connectivity index (χ4v) is 0.546. The smallest absolute Gasteiger partial charge is 0.122 e. The lowest BCUT2D eigenvalue weighted by atomic mass is 10.3. The molecule has 0 unspecified atom stereocenters. The van der Waals surface area contributed by atoms with Gasteiger partial charge in [0.05, 0.1) is 0 Å². The molecule has 0 aromatic carbocycles. The molecule has 0 rings (SSSR count). The highest BCUT2D eigenvalue weighted by atomic mass is 16.7. The first-order valence-corrected chi connectivity index (χ1v) is 3.87. The van der Waals surface area contributed by atoms with Gasteiger partial charge in [0, 0.05) is 6.54 Å². The van der Waals surface area contributed by atoms with Crippen molar-refractivity contribution in [1.29, 1.82) is 0 Å². The molecule has 0 aliphatic heterocycles. The minimum absolute atomic E-state index is 0.412. The van der Waals surface area contributed by atoms with E-state index < -0.39 is 0 Å². The molecular formula is C6H18N4O. The predicted molar refractivity (Wildman–Crippen MR) is 43.9 cm³/mol. The Balaban J connectivity index is 3.02. The van der Waals surface area contributed by atoms with Gasteiger partial charge < -0.3 is 0 Å². The van der Waals surface area contributed by atoms with E-state index in [1.807, 2.05) is 0 Å². The molecule has 0 bridgehead atoms. The van der Waals surface area contributed by atoms with Crippen molar-refractivity contribution in [3.63, 3.8) is 0 Å². The van der Waals surface area contributed by atoms with Crippen molar-refractivity contribution in [1.82, 2.24) is 16.0 Å². The van der Waals surface area contributed by atoms with Crippen LogP contribution in [-0.2, 0) is 4.84 Å². The maximum Gasteiger partial charge on any atom is 0.122 e. The van der Waals surface area contributed by atoms with Crippen molar-refractivity contribution in [2.24, 2.45) is 5.84 Å². The van der Waals surface area contributed by atoms with E-state index in [2.05, 4.69) is 17.7 Å². The van der Waals surface area contributed by atoms with Crippen LogP contribution in [0.2, 0.25) is 0 Å². The van der Waals surface area contributed by atoms with Crippen LogP contribution in [0.3, 0.4) is 0 Å². The summed E-state index contributed by atoms with van der Waals surface area (Å²) in [5.41, 5.74) is 2.87. The molecule has 0 aliphatic rings. The number of hydrogen-bond donors (Lipinski definition) is 3. The van der Waals surface area contributed by atoms with Gasteiger partial charge >= 0.3 is 0 Å². The molecule has 11 heavy (non-hydrogen) atoms. The lowest BCUT2D eigenvalue weighted by Crippen LogP contribution is -2.45. The molecule has 0 fully saturated rings. The first kappa shape index (κ1) is 10.8. The molecule has 0 aliphatic carbocycles. The lowest BCUT2D eigenvalue weighted by molar-refractivity contribution is -0.203. The van der Waals surface area contributed by atoms with Crippen LogP contribution in [0, 0.1) is 0 Å². The Morgan fingerprint density at radius 3 is 2.82 bits per heavy atom. The van der Waals surface area contributed by atoms with E-state index in [0.29, 0.717) is 6.73 Å². The summed E-state index contributed by atoms with van der Waals surface area (Å²) in [4.78, 5) is 4.93. The maximum atomic E-state index is 5.36. The number of nitrogens with one attached hydrogen (secondary N) is 2. The summed E-state index contributed by atoms with van der Waals surface area (Å²) in [6, 6.07) is 0. The molecule has 0 amide bonds. The summed E-state index contributed by atoms with van der Waals surface area (Å²) < 4.78 is 0. The minimum Gasteiger partial charge on any atom is -0.296 e. The highest BCUT2D eigenvalue weighted by molar-refractivity contribution is 4.35. The Bertz CT molecular complexity index is 81.0. The molecule has 0 heterocycles. The molecule has 0 aromatic heterocycles. The van der Waals surface area contributed by atoms with Crippen molar-refractivity contribution in [2.75, 3.05) is 20.3 Å². The van der Waals surface area contributed by atoms with Crippen LogP contribution in [0.4, 0.5) is 0 Å². The Hall–Kier alpha value is -0.200. The van der Waals surface area contributed by atoms with Crippen molar-refractivity contribution in [2.45, 2.75) is 19.8 Å². The minimum atomic E-state index is 0.412. The van der Waals surface area contributed by atoms with E-state index in [1.54, 1.807) is 7.05 Å². The summed E-state index contributed by atoms with van der Waals surface area (Å²) in [5.74, 6) is 5.36. The number of unbranched alkanes of at least 4 members (excludes halogenated alkanes) is 1. The third-order valence-electron chi connectivity index (χ3n) is 1.15. The molecular weight excluding hydrogens is 144 g/mol. The summed E-state index contributed by atoms with van der Waals surface area (Å²) in [7, 11) is 1.79. The molecule has 0 saturated heterocycles. The van der Waals surface area contributed by atoms with Crippen molar-refractivity contribution < 1.29 is 4.84 Å². The van der Waals surface area contributed by atoms with Crippen LogP contribution in [-0.4, -0.2) is 25.6 Å². The summed E-state index contributed by atoms with van der Waals surface area (Å²) in [5, 5.41) is 3.94. The third kappa shape index (κ3) is 7.70. The van der Waals surface area contributed by atoms with E-state index in [1.165, 1.54) is 0 Å². The highest BCUT2D eigenvalue weighted by Gasteiger charge is 1.94. The lowest BCUT2D eigenvalue weighted by Gasteiger charge is -2.15. The second-order valence-electron chi connectivity index (χ2n) is 2.21. The summed E-state index contributed by atoms with van der Waals surface area (Å²) in [6.45, 7) is 3.38. The number of hydrazine groups is 2. The Morgan fingerprint density at radius 1 is 1.55 bits per heavy atom. The van der Waals surface area contributed by atoms with Crippen LogP contribution in [0.25, 0.3) is 0 Å². The topological polar surface area (TPSA) is 62.5 Å². The summed E-state index contributed by atoms with van der Waals surface area (Å²) >= 11 is 0. The van der Waals surface area contributed by atoms with Crippen LogP contribution in [0.1, 0.15) is 19.8 Å². The van der Waals surface area contributed by atoms with E-state index >= 15 is 0 Å². The van der Waals surface area contributed by atoms with Gasteiger partial charge in [0.15, 0.2) is 0 Å². The average Bonchev–Trinajstić information content (AvgIpc) is 2.01. The second-order valence-corrected chi connectivity index (χ2v) is 2.21. The van der Waals surface area contributed by atoms with Gasteiger partial charge in [-0.15, -0.1) is 0 Å². The van der Waals surface area contributed by atoms with E-state index in [0.717, 1.165) is 24.7 Å². The van der Waals surface area contributed by atoms with Gasteiger partial charge in [-0.1, -0.05) is 18.6 Å². The zero-order chi connectivity index (χ0) is 8.53. The first-order valence-electron chi connectivity index (χ1n) is 3.87. The highest BCUT2D eigenvalue weighted by Crippen LogP contribution is 1.82. The molecule has 5 heteroatoms. The van der Waals surface area contributed by atoms with Gasteiger partial charge in [0.2, 0.25) is 0 Å². The van der Waals surface area contributed by atoms with Crippen molar-refractivity contribution >= 4 is 0 Å². The molecule has 4 N–H and O–H groups in total. The second kappa shape index (κ2) is 7.90. The molecule has 0 atom stereocenters. The van der Waals surface area contributed by atoms with Gasteiger partial charge in [0.25, 0.3) is 0 Å². The third-order valence-corrected chi connectivity index (χ3v) is 1.15. The predicted octanol–water partition coefficient (Wildman–Crippen LogP) is -0.425. The molecule has 5 nitrogen and oxygen atoms in total. The van der Waals surface area contributed by atoms with E-state index in [4.69, 9.17) is 10.7 Å². The standard InChI is InChI=1S/C6H18N4O/c1-3-4-5-9-10(7)11-6-8-2/h8-9H,3-7H2,1-2H3. The zero-order valence-electron chi connectivity index (χ0n) is 7.26. The van der Waals surface area contributed by atoms with Gasteiger partial charge in [-0.2, -0.15) is 0 Å². The Morgan fingerprint density at radius 2 is 2.27 bits per heavy atom. The zero-order valence-corrected chi connectivity index (χ0v) is 7.26. The number of nitrogens with zero attached hydrogens (tertiary/aromatic N) is 1. The number of hydrogen-bond acceptors (Lipinski definition) is 5. The largest absolute Gasteiger partial charge is 0.296 e. The quantitative estimate of drug-likeness (QED) is 0.205. The summed E-state index contributed by atoms with van der Waals surface area (Å²) in [6.07, 6.45) is 2.24. The van der Waals surface area contributed by atoms with Crippen LogP contribution >= 0.6 is 0 Å². The van der Waals surface area contributed by atoms with Crippen LogP contribution in [0.5, 0.6) is 0 Å². The number of nitrogens with two attached hydrogens (primary N) is 1. The molecule has 0 radical (unpaired) electrons. The van der Waals surface area contributed by atoms with Crippen LogP contribution < -0.4 is 16.6 Å². The fourth-order valence-electron chi connectivity index (χ4n) is 0.546. The molecule has 0 spiro atoms. The normalized spacial score (nSPS) is 10.9. The molecule has 0 saturated carbocycles. The van der Waals surface area contributed by atoms with E-state index in [9.17, 15) is 0 Å². The van der Waals surface area contributed by atoms with E-state index in [-0.39, 0.29) is 0 Å². The van der Waals surface area contributed by atoms with Gasteiger partial charge in [-0.3, -0.25) is 10.2 Å².